The molecule has 0 N–H and O–H groups in total. The van der Waals surface area contributed by atoms with E-state index < -0.39 is 0 Å². The lowest BCUT2D eigenvalue weighted by Gasteiger charge is -1.95. The fourth-order valence-corrected chi connectivity index (χ4v) is 2.01. The lowest BCUT2D eigenvalue weighted by molar-refractivity contribution is 0.522. The van der Waals surface area contributed by atoms with Crippen LogP contribution in [0.2, 0.25) is 0 Å². The highest BCUT2D eigenvalue weighted by molar-refractivity contribution is 5.93. The largest absolute Gasteiger partial charge is 0.461 e. The van der Waals surface area contributed by atoms with E-state index in [1.165, 1.54) is 0 Å². The third-order valence-electron chi connectivity index (χ3n) is 2.87. The van der Waals surface area contributed by atoms with Gasteiger partial charge in [0.1, 0.15) is 22.7 Å². The Bertz CT molecular complexity index is 605. The molecule has 82 valence electrons. The van der Waals surface area contributed by atoms with Gasteiger partial charge in [0, 0.05) is 16.7 Å². The topological polar surface area (TPSA) is 26.3 Å². The van der Waals surface area contributed by atoms with Crippen LogP contribution < -0.4 is 0 Å². The second-order valence-corrected chi connectivity index (χ2v) is 4.59. The first kappa shape index (κ1) is 9.52. The van der Waals surface area contributed by atoms with E-state index in [9.17, 15) is 0 Å². The van der Waals surface area contributed by atoms with Crippen LogP contribution >= 0.6 is 0 Å². The summed E-state index contributed by atoms with van der Waals surface area (Å²) in [6.07, 6.45) is 0. The summed E-state index contributed by atoms with van der Waals surface area (Å²) in [4.78, 5) is 0. The molecule has 0 saturated heterocycles. The Morgan fingerprint density at radius 1 is 0.875 bits per heavy atom. The fourth-order valence-electron chi connectivity index (χ4n) is 2.01. The average molecular weight is 214 g/mol. The first-order valence-electron chi connectivity index (χ1n) is 5.57. The molecule has 0 unspecified atom stereocenters. The van der Waals surface area contributed by atoms with Crippen LogP contribution in [0.5, 0.6) is 0 Å². The minimum atomic E-state index is 0.417. The molecule has 3 rings (SSSR count). The van der Waals surface area contributed by atoms with Gasteiger partial charge < -0.3 is 8.83 Å². The molecule has 0 atom stereocenters. The Balaban J connectivity index is 2.31. The quantitative estimate of drug-likeness (QED) is 0.591. The maximum atomic E-state index is 5.81. The Hall–Kier alpha value is -1.70. The highest BCUT2D eigenvalue weighted by Crippen LogP contribution is 2.30. The molecule has 0 saturated carbocycles. The Morgan fingerprint density at radius 3 is 2.19 bits per heavy atom. The Labute approximate surface area is 93.8 Å². The van der Waals surface area contributed by atoms with Crippen molar-refractivity contribution in [3.05, 3.63) is 35.8 Å². The maximum absolute atomic E-state index is 5.81. The number of aryl methyl sites for hydroxylation is 1. The first-order valence-corrected chi connectivity index (χ1v) is 5.57. The normalized spacial score (nSPS) is 12.0. The van der Waals surface area contributed by atoms with Crippen molar-refractivity contribution in [2.75, 3.05) is 0 Å². The number of hydrogen-bond acceptors (Lipinski definition) is 2. The maximum Gasteiger partial charge on any atom is 0.135 e. The zero-order valence-electron chi connectivity index (χ0n) is 9.70. The van der Waals surface area contributed by atoms with Crippen molar-refractivity contribution in [1.82, 2.24) is 0 Å². The number of rotatable bonds is 1. The molecule has 0 amide bonds. The van der Waals surface area contributed by atoms with E-state index in [4.69, 9.17) is 8.83 Å². The van der Waals surface area contributed by atoms with E-state index in [-0.39, 0.29) is 0 Å². The van der Waals surface area contributed by atoms with E-state index in [0.717, 1.165) is 33.5 Å². The van der Waals surface area contributed by atoms with Gasteiger partial charge in [-0.3, -0.25) is 0 Å². The standard InChI is InChI=1S/C14H14O2/c1-8(2)12-5-11-7-13-10(4-9(3)15-13)6-14(11)16-12/h4-8H,1-3H3. The van der Waals surface area contributed by atoms with Crippen molar-refractivity contribution in [2.45, 2.75) is 26.7 Å². The van der Waals surface area contributed by atoms with Crippen LogP contribution in [0.3, 0.4) is 0 Å². The van der Waals surface area contributed by atoms with E-state index in [1.54, 1.807) is 0 Å². The number of fused-ring (bicyclic) bond motifs is 2. The van der Waals surface area contributed by atoms with Crippen LogP contribution in [-0.4, -0.2) is 0 Å². The summed E-state index contributed by atoms with van der Waals surface area (Å²) >= 11 is 0. The van der Waals surface area contributed by atoms with Gasteiger partial charge in [0.2, 0.25) is 0 Å². The predicted octanol–water partition coefficient (Wildman–Crippen LogP) is 4.61. The van der Waals surface area contributed by atoms with Gasteiger partial charge >= 0.3 is 0 Å². The minimum Gasteiger partial charge on any atom is -0.461 e. The van der Waals surface area contributed by atoms with Crippen molar-refractivity contribution in [2.24, 2.45) is 0 Å². The van der Waals surface area contributed by atoms with Crippen molar-refractivity contribution < 1.29 is 8.83 Å². The van der Waals surface area contributed by atoms with Gasteiger partial charge in [0.25, 0.3) is 0 Å². The average Bonchev–Trinajstić information content (AvgIpc) is 2.74. The highest BCUT2D eigenvalue weighted by Gasteiger charge is 2.10. The van der Waals surface area contributed by atoms with E-state index in [1.807, 2.05) is 25.1 Å². The smallest absolute Gasteiger partial charge is 0.135 e. The van der Waals surface area contributed by atoms with E-state index in [0.29, 0.717) is 5.92 Å². The summed E-state index contributed by atoms with van der Waals surface area (Å²) in [7, 11) is 0. The molecule has 0 aliphatic heterocycles. The monoisotopic (exact) mass is 214 g/mol. The van der Waals surface area contributed by atoms with Gasteiger partial charge in [-0.05, 0) is 31.2 Å². The molecule has 0 radical (unpaired) electrons. The summed E-state index contributed by atoms with van der Waals surface area (Å²) in [6.45, 7) is 6.22. The molecule has 1 aromatic carbocycles. The SMILES string of the molecule is Cc1cc2cc3oc(C(C)C)cc3cc2o1. The molecule has 0 aliphatic rings. The molecule has 3 aromatic rings. The molecule has 2 nitrogen and oxygen atoms in total. The lowest BCUT2D eigenvalue weighted by Crippen LogP contribution is -1.79. The van der Waals surface area contributed by atoms with Crippen molar-refractivity contribution in [1.29, 1.82) is 0 Å². The molecule has 2 aromatic heterocycles. The van der Waals surface area contributed by atoms with Crippen LogP contribution in [0, 0.1) is 6.92 Å². The highest BCUT2D eigenvalue weighted by atomic mass is 16.3. The van der Waals surface area contributed by atoms with Crippen LogP contribution in [0.4, 0.5) is 0 Å². The zero-order chi connectivity index (χ0) is 11.3. The number of furan rings is 2. The molecule has 0 spiro atoms. The molecular formula is C14H14O2. The molecule has 0 bridgehead atoms. The summed E-state index contributed by atoms with van der Waals surface area (Å²) < 4.78 is 11.4. The first-order chi connectivity index (χ1) is 7.63. The van der Waals surface area contributed by atoms with Crippen molar-refractivity contribution >= 4 is 21.9 Å². The van der Waals surface area contributed by atoms with Crippen molar-refractivity contribution in [3.8, 4) is 0 Å². The predicted molar refractivity (Wildman–Crippen MR) is 64.8 cm³/mol. The lowest BCUT2D eigenvalue weighted by atomic mass is 10.1. The molecule has 16 heavy (non-hydrogen) atoms. The number of benzene rings is 1. The second-order valence-electron chi connectivity index (χ2n) is 4.59. The minimum absolute atomic E-state index is 0.417. The fraction of sp³-hybridized carbons (Fsp3) is 0.286. The third-order valence-corrected chi connectivity index (χ3v) is 2.87. The number of hydrogen-bond donors (Lipinski definition) is 0. The van der Waals surface area contributed by atoms with Crippen LogP contribution in [0.25, 0.3) is 21.9 Å². The van der Waals surface area contributed by atoms with Crippen LogP contribution in [0.15, 0.2) is 33.1 Å². The van der Waals surface area contributed by atoms with Gasteiger partial charge in [-0.2, -0.15) is 0 Å². The molecule has 2 heteroatoms. The Kier molecular flexibility index (Phi) is 1.87. The van der Waals surface area contributed by atoms with Gasteiger partial charge in [-0.25, -0.2) is 0 Å². The van der Waals surface area contributed by atoms with Gasteiger partial charge in [0.15, 0.2) is 0 Å². The molecule has 0 aliphatic carbocycles. The third kappa shape index (κ3) is 1.33. The van der Waals surface area contributed by atoms with Gasteiger partial charge in [-0.1, -0.05) is 13.8 Å². The summed E-state index contributed by atoms with van der Waals surface area (Å²) in [5, 5.41) is 2.22. The zero-order valence-corrected chi connectivity index (χ0v) is 9.70. The summed E-state index contributed by atoms with van der Waals surface area (Å²) in [5.74, 6) is 2.38. The van der Waals surface area contributed by atoms with Crippen molar-refractivity contribution in [3.63, 3.8) is 0 Å². The second kappa shape index (κ2) is 3.14. The van der Waals surface area contributed by atoms with Gasteiger partial charge in [-0.15, -0.1) is 0 Å². The molecule has 0 fully saturated rings. The molecule has 2 heterocycles. The van der Waals surface area contributed by atoms with Crippen LogP contribution in [0.1, 0.15) is 31.3 Å². The Morgan fingerprint density at radius 2 is 1.50 bits per heavy atom. The van der Waals surface area contributed by atoms with Gasteiger partial charge in [0.05, 0.1) is 0 Å². The summed E-state index contributed by atoms with van der Waals surface area (Å²) in [5.41, 5.74) is 1.87. The van der Waals surface area contributed by atoms with E-state index in [2.05, 4.69) is 19.9 Å². The molecular weight excluding hydrogens is 200 g/mol. The van der Waals surface area contributed by atoms with Crippen LogP contribution in [-0.2, 0) is 0 Å². The van der Waals surface area contributed by atoms with E-state index >= 15 is 0 Å². The summed E-state index contributed by atoms with van der Waals surface area (Å²) in [6, 6.07) is 8.23.